The van der Waals surface area contributed by atoms with Gasteiger partial charge in [-0.15, -0.1) is 0 Å². The Hall–Kier alpha value is -2.01. The second-order valence-electron chi connectivity index (χ2n) is 4.96. The Labute approximate surface area is 118 Å². The summed E-state index contributed by atoms with van der Waals surface area (Å²) in [6.45, 7) is 2.99. The average Bonchev–Trinajstić information content (AvgIpc) is 2.51. The molecule has 1 fully saturated rings. The fourth-order valence-electron chi connectivity index (χ4n) is 2.43. The van der Waals surface area contributed by atoms with Gasteiger partial charge < -0.3 is 4.74 Å². The van der Waals surface area contributed by atoms with E-state index in [-0.39, 0.29) is 6.10 Å². The minimum Gasteiger partial charge on any atom is -0.474 e. The molecule has 1 aliphatic heterocycles. The molecule has 0 aliphatic carbocycles. The van der Waals surface area contributed by atoms with Crippen molar-refractivity contribution in [3.8, 4) is 5.88 Å². The van der Waals surface area contributed by atoms with Crippen LogP contribution in [0.3, 0.4) is 0 Å². The first-order valence-electron chi connectivity index (χ1n) is 6.95. The summed E-state index contributed by atoms with van der Waals surface area (Å²) in [7, 11) is 0. The maximum atomic E-state index is 5.86. The van der Waals surface area contributed by atoms with Gasteiger partial charge in [0.15, 0.2) is 0 Å². The first-order valence-corrected chi connectivity index (χ1v) is 6.95. The highest BCUT2D eigenvalue weighted by Crippen LogP contribution is 2.17. The van der Waals surface area contributed by atoms with Gasteiger partial charge >= 0.3 is 0 Å². The van der Waals surface area contributed by atoms with Crippen molar-refractivity contribution in [1.82, 2.24) is 19.9 Å². The Morgan fingerprint density at radius 3 is 2.70 bits per heavy atom. The van der Waals surface area contributed by atoms with Gasteiger partial charge in [-0.25, -0.2) is 9.97 Å². The number of ether oxygens (including phenoxy) is 1. The Kier molecular flexibility index (Phi) is 4.18. The molecule has 0 radical (unpaired) electrons. The van der Waals surface area contributed by atoms with Crippen molar-refractivity contribution >= 4 is 0 Å². The van der Waals surface area contributed by atoms with Gasteiger partial charge in [0.1, 0.15) is 12.4 Å². The molecule has 3 rings (SSSR count). The lowest BCUT2D eigenvalue weighted by molar-refractivity contribution is 0.0924. The molecule has 0 spiro atoms. The van der Waals surface area contributed by atoms with Gasteiger partial charge in [-0.05, 0) is 25.0 Å². The molecule has 3 heterocycles. The molecular weight excluding hydrogens is 252 g/mol. The number of pyridine rings is 1. The van der Waals surface area contributed by atoms with Gasteiger partial charge in [0.2, 0.25) is 5.88 Å². The molecule has 5 nitrogen and oxygen atoms in total. The Balaban J connectivity index is 1.47. The highest BCUT2D eigenvalue weighted by atomic mass is 16.5. The maximum Gasteiger partial charge on any atom is 0.216 e. The SMILES string of the molecule is c1ccc(CN2CCC(Oc3ccncn3)CC2)nc1. The topological polar surface area (TPSA) is 51.1 Å². The van der Waals surface area contributed by atoms with E-state index in [1.165, 1.54) is 6.33 Å². The molecule has 0 atom stereocenters. The Morgan fingerprint density at radius 1 is 1.10 bits per heavy atom. The first-order chi connectivity index (χ1) is 9.90. The van der Waals surface area contributed by atoms with Crippen molar-refractivity contribution in [2.24, 2.45) is 0 Å². The van der Waals surface area contributed by atoms with Crippen LogP contribution in [0, 0.1) is 0 Å². The summed E-state index contributed by atoms with van der Waals surface area (Å²) >= 11 is 0. The molecule has 20 heavy (non-hydrogen) atoms. The van der Waals surface area contributed by atoms with Crippen LogP contribution in [0.2, 0.25) is 0 Å². The first kappa shape index (κ1) is 13.0. The Morgan fingerprint density at radius 2 is 2.00 bits per heavy atom. The quantitative estimate of drug-likeness (QED) is 0.849. The van der Waals surface area contributed by atoms with E-state index in [4.69, 9.17) is 4.74 Å². The predicted octanol–water partition coefficient (Wildman–Crippen LogP) is 1.91. The summed E-state index contributed by atoms with van der Waals surface area (Å²) in [6, 6.07) is 7.86. The number of nitrogens with zero attached hydrogens (tertiary/aromatic N) is 4. The third-order valence-electron chi connectivity index (χ3n) is 3.49. The van der Waals surface area contributed by atoms with E-state index in [1.54, 1.807) is 12.3 Å². The molecular formula is C15H18N4O. The highest BCUT2D eigenvalue weighted by Gasteiger charge is 2.21. The van der Waals surface area contributed by atoms with Crippen molar-refractivity contribution in [3.63, 3.8) is 0 Å². The molecule has 5 heteroatoms. The van der Waals surface area contributed by atoms with E-state index in [1.807, 2.05) is 18.3 Å². The van der Waals surface area contributed by atoms with Crippen LogP contribution in [0.15, 0.2) is 43.0 Å². The zero-order valence-corrected chi connectivity index (χ0v) is 11.4. The van der Waals surface area contributed by atoms with Crippen molar-refractivity contribution in [2.75, 3.05) is 13.1 Å². The van der Waals surface area contributed by atoms with Crippen LogP contribution in [-0.2, 0) is 6.54 Å². The van der Waals surface area contributed by atoms with E-state index in [0.717, 1.165) is 38.2 Å². The third-order valence-corrected chi connectivity index (χ3v) is 3.49. The molecule has 2 aromatic heterocycles. The molecule has 0 unspecified atom stereocenters. The lowest BCUT2D eigenvalue weighted by atomic mass is 10.1. The van der Waals surface area contributed by atoms with Crippen LogP contribution in [0.1, 0.15) is 18.5 Å². The fraction of sp³-hybridized carbons (Fsp3) is 0.400. The molecule has 0 amide bonds. The molecule has 2 aromatic rings. The molecule has 0 saturated carbocycles. The normalized spacial score (nSPS) is 17.0. The molecule has 1 aliphatic rings. The number of hydrogen-bond donors (Lipinski definition) is 0. The average molecular weight is 270 g/mol. The van der Waals surface area contributed by atoms with Crippen molar-refractivity contribution < 1.29 is 4.74 Å². The number of aromatic nitrogens is 3. The maximum absolute atomic E-state index is 5.86. The molecule has 0 aromatic carbocycles. The minimum absolute atomic E-state index is 0.255. The van der Waals surface area contributed by atoms with Gasteiger partial charge in [0, 0.05) is 38.1 Å². The van der Waals surface area contributed by atoms with E-state index < -0.39 is 0 Å². The summed E-state index contributed by atoms with van der Waals surface area (Å²) in [4.78, 5) is 14.8. The molecule has 0 N–H and O–H groups in total. The number of hydrogen-bond acceptors (Lipinski definition) is 5. The summed E-state index contributed by atoms with van der Waals surface area (Å²) in [5.74, 6) is 0.670. The van der Waals surface area contributed by atoms with Crippen LogP contribution >= 0.6 is 0 Å². The van der Waals surface area contributed by atoms with Crippen LogP contribution in [0.25, 0.3) is 0 Å². The van der Waals surface area contributed by atoms with E-state index in [0.29, 0.717) is 5.88 Å². The van der Waals surface area contributed by atoms with Crippen molar-refractivity contribution in [1.29, 1.82) is 0 Å². The van der Waals surface area contributed by atoms with Gasteiger partial charge in [-0.1, -0.05) is 6.07 Å². The zero-order chi connectivity index (χ0) is 13.6. The second-order valence-corrected chi connectivity index (χ2v) is 4.96. The lowest BCUT2D eigenvalue weighted by Crippen LogP contribution is -2.38. The predicted molar refractivity (Wildman–Crippen MR) is 75.2 cm³/mol. The Bertz CT molecular complexity index is 462. The molecule has 104 valence electrons. The van der Waals surface area contributed by atoms with E-state index in [2.05, 4.69) is 25.9 Å². The van der Waals surface area contributed by atoms with Gasteiger partial charge in [-0.3, -0.25) is 9.88 Å². The minimum atomic E-state index is 0.255. The molecule has 1 saturated heterocycles. The number of piperidine rings is 1. The monoisotopic (exact) mass is 270 g/mol. The van der Waals surface area contributed by atoms with E-state index in [9.17, 15) is 0 Å². The van der Waals surface area contributed by atoms with Crippen LogP contribution < -0.4 is 4.74 Å². The zero-order valence-electron chi connectivity index (χ0n) is 11.4. The van der Waals surface area contributed by atoms with Crippen LogP contribution in [-0.4, -0.2) is 39.0 Å². The number of rotatable bonds is 4. The van der Waals surface area contributed by atoms with Crippen LogP contribution in [0.5, 0.6) is 5.88 Å². The summed E-state index contributed by atoms with van der Waals surface area (Å²) < 4.78 is 5.86. The third kappa shape index (κ3) is 3.51. The largest absolute Gasteiger partial charge is 0.474 e. The summed E-state index contributed by atoms with van der Waals surface area (Å²) in [6.07, 6.45) is 7.38. The highest BCUT2D eigenvalue weighted by molar-refractivity contribution is 5.06. The van der Waals surface area contributed by atoms with Gasteiger partial charge in [0.05, 0.1) is 5.69 Å². The van der Waals surface area contributed by atoms with Gasteiger partial charge in [-0.2, -0.15) is 0 Å². The summed E-state index contributed by atoms with van der Waals surface area (Å²) in [5.41, 5.74) is 1.13. The lowest BCUT2D eigenvalue weighted by Gasteiger charge is -2.31. The molecule has 0 bridgehead atoms. The summed E-state index contributed by atoms with van der Waals surface area (Å²) in [5, 5.41) is 0. The standard InChI is InChI=1S/C15H18N4O/c1-2-7-17-13(3-1)11-19-9-5-14(6-10-19)20-15-4-8-16-12-18-15/h1-4,7-8,12,14H,5-6,9-11H2. The number of likely N-dealkylation sites (tertiary alicyclic amines) is 1. The fourth-order valence-corrected chi connectivity index (χ4v) is 2.43. The van der Waals surface area contributed by atoms with Crippen LogP contribution in [0.4, 0.5) is 0 Å². The van der Waals surface area contributed by atoms with Crippen molar-refractivity contribution in [2.45, 2.75) is 25.5 Å². The second kappa shape index (κ2) is 6.43. The van der Waals surface area contributed by atoms with Crippen molar-refractivity contribution in [3.05, 3.63) is 48.7 Å². The smallest absolute Gasteiger partial charge is 0.216 e. The van der Waals surface area contributed by atoms with Gasteiger partial charge in [0.25, 0.3) is 0 Å². The van der Waals surface area contributed by atoms with E-state index >= 15 is 0 Å².